The van der Waals surface area contributed by atoms with Gasteiger partial charge < -0.3 is 10.2 Å². The minimum absolute atomic E-state index is 0.102. The van der Waals surface area contributed by atoms with E-state index in [1.165, 1.54) is 5.56 Å². The average molecular weight is 394 g/mol. The highest BCUT2D eigenvalue weighted by molar-refractivity contribution is 6.04. The maximum atomic E-state index is 13.1. The Bertz CT molecular complexity index is 813. The van der Waals surface area contributed by atoms with E-state index in [1.807, 2.05) is 60.4 Å². The summed E-state index contributed by atoms with van der Waals surface area (Å²) in [5, 5.41) is 3.00. The van der Waals surface area contributed by atoms with E-state index in [1.54, 1.807) is 13.8 Å². The molecule has 1 aliphatic heterocycles. The molecule has 0 radical (unpaired) electrons. The van der Waals surface area contributed by atoms with Crippen molar-refractivity contribution >= 4 is 11.8 Å². The summed E-state index contributed by atoms with van der Waals surface area (Å²) in [6.45, 7) is 9.21. The maximum Gasteiger partial charge on any atom is 0.237 e. The SMILES string of the molecule is CC(NC(=O)C(C)(C)C(=O)N1CCN(Cc2ccccc2)CC1)c1ccccc1. The van der Waals surface area contributed by atoms with E-state index in [9.17, 15) is 9.59 Å². The topological polar surface area (TPSA) is 52.7 Å². The summed E-state index contributed by atoms with van der Waals surface area (Å²) in [5.41, 5.74) is 1.21. The number of nitrogens with zero attached hydrogens (tertiary/aromatic N) is 2. The van der Waals surface area contributed by atoms with Crippen LogP contribution in [0.25, 0.3) is 0 Å². The molecule has 1 fully saturated rings. The van der Waals surface area contributed by atoms with Gasteiger partial charge in [0.25, 0.3) is 0 Å². The quantitative estimate of drug-likeness (QED) is 0.767. The Hall–Kier alpha value is -2.66. The van der Waals surface area contributed by atoms with E-state index in [2.05, 4.69) is 22.3 Å². The van der Waals surface area contributed by atoms with E-state index >= 15 is 0 Å². The number of hydrogen-bond donors (Lipinski definition) is 1. The number of carbonyl (C=O) groups is 2. The van der Waals surface area contributed by atoms with Crippen molar-refractivity contribution in [1.82, 2.24) is 15.1 Å². The Kier molecular flexibility index (Phi) is 6.70. The fraction of sp³-hybridized carbons (Fsp3) is 0.417. The molecule has 1 atom stereocenters. The van der Waals surface area contributed by atoms with Crippen LogP contribution in [0.2, 0.25) is 0 Å². The lowest BCUT2D eigenvalue weighted by Gasteiger charge is -2.38. The molecule has 2 amide bonds. The molecule has 5 nitrogen and oxygen atoms in total. The molecule has 1 aliphatic rings. The van der Waals surface area contributed by atoms with E-state index in [-0.39, 0.29) is 17.9 Å². The van der Waals surface area contributed by atoms with Crippen LogP contribution >= 0.6 is 0 Å². The van der Waals surface area contributed by atoms with Gasteiger partial charge >= 0.3 is 0 Å². The molecule has 0 aliphatic carbocycles. The number of piperazine rings is 1. The lowest BCUT2D eigenvalue weighted by Crippen LogP contribution is -2.55. The monoisotopic (exact) mass is 393 g/mol. The standard InChI is InChI=1S/C24H31N3O2/c1-19(21-12-8-5-9-13-21)25-22(28)24(2,3)23(29)27-16-14-26(15-17-27)18-20-10-6-4-7-11-20/h4-13,19H,14-18H2,1-3H3,(H,25,28). The third-order valence-corrected chi connectivity index (χ3v) is 5.66. The molecule has 2 aromatic carbocycles. The second kappa shape index (κ2) is 9.23. The molecule has 0 saturated carbocycles. The van der Waals surface area contributed by atoms with Gasteiger partial charge in [0.05, 0.1) is 6.04 Å². The first kappa shape index (κ1) is 21.1. The molecule has 2 aromatic rings. The van der Waals surface area contributed by atoms with E-state index < -0.39 is 5.41 Å². The van der Waals surface area contributed by atoms with Crippen molar-refractivity contribution in [3.8, 4) is 0 Å². The van der Waals surface area contributed by atoms with Gasteiger partial charge in [-0.15, -0.1) is 0 Å². The number of rotatable bonds is 6. The largest absolute Gasteiger partial charge is 0.349 e. The first-order valence-corrected chi connectivity index (χ1v) is 10.3. The predicted octanol–water partition coefficient (Wildman–Crippen LogP) is 3.23. The highest BCUT2D eigenvalue weighted by atomic mass is 16.2. The van der Waals surface area contributed by atoms with Crippen molar-refractivity contribution in [2.24, 2.45) is 5.41 Å². The summed E-state index contributed by atoms with van der Waals surface area (Å²) in [5.74, 6) is -0.333. The van der Waals surface area contributed by atoms with Crippen molar-refractivity contribution in [1.29, 1.82) is 0 Å². The summed E-state index contributed by atoms with van der Waals surface area (Å²) in [7, 11) is 0. The Balaban J connectivity index is 1.54. The first-order chi connectivity index (χ1) is 13.9. The van der Waals surface area contributed by atoms with Crippen LogP contribution in [0.4, 0.5) is 0 Å². The predicted molar refractivity (Wildman–Crippen MR) is 115 cm³/mol. The van der Waals surface area contributed by atoms with Crippen molar-refractivity contribution in [3.63, 3.8) is 0 Å². The summed E-state index contributed by atoms with van der Waals surface area (Å²) >= 11 is 0. The summed E-state index contributed by atoms with van der Waals surface area (Å²) in [6.07, 6.45) is 0. The minimum Gasteiger partial charge on any atom is -0.349 e. The molecule has 5 heteroatoms. The third-order valence-electron chi connectivity index (χ3n) is 5.66. The average Bonchev–Trinajstić information content (AvgIpc) is 2.75. The number of amides is 2. The third kappa shape index (κ3) is 5.24. The number of nitrogens with one attached hydrogen (secondary N) is 1. The smallest absolute Gasteiger partial charge is 0.237 e. The van der Waals surface area contributed by atoms with Crippen LogP contribution < -0.4 is 5.32 Å². The van der Waals surface area contributed by atoms with Gasteiger partial charge in [-0.05, 0) is 31.9 Å². The maximum absolute atomic E-state index is 13.1. The second-order valence-corrected chi connectivity index (χ2v) is 8.28. The zero-order chi connectivity index (χ0) is 20.9. The van der Waals surface area contributed by atoms with Gasteiger partial charge in [-0.25, -0.2) is 0 Å². The molecule has 1 heterocycles. The molecule has 3 rings (SSSR count). The zero-order valence-electron chi connectivity index (χ0n) is 17.6. The molecule has 1 unspecified atom stereocenters. The summed E-state index contributed by atoms with van der Waals surface area (Å²) in [4.78, 5) is 30.1. The molecule has 0 aromatic heterocycles. The van der Waals surface area contributed by atoms with Crippen molar-refractivity contribution in [3.05, 3.63) is 71.8 Å². The van der Waals surface area contributed by atoms with Crippen molar-refractivity contribution < 1.29 is 9.59 Å². The minimum atomic E-state index is -1.09. The van der Waals surface area contributed by atoms with Gasteiger partial charge in [0.2, 0.25) is 11.8 Å². The Morgan fingerprint density at radius 1 is 0.931 bits per heavy atom. The molecule has 29 heavy (non-hydrogen) atoms. The van der Waals surface area contributed by atoms with Crippen LogP contribution in [-0.2, 0) is 16.1 Å². The highest BCUT2D eigenvalue weighted by Crippen LogP contribution is 2.23. The number of benzene rings is 2. The van der Waals surface area contributed by atoms with Gasteiger partial charge in [-0.1, -0.05) is 60.7 Å². The van der Waals surface area contributed by atoms with Gasteiger partial charge in [-0.2, -0.15) is 0 Å². The number of carbonyl (C=O) groups excluding carboxylic acids is 2. The van der Waals surface area contributed by atoms with Crippen LogP contribution in [0.3, 0.4) is 0 Å². The lowest BCUT2D eigenvalue weighted by molar-refractivity contribution is -0.150. The van der Waals surface area contributed by atoms with Gasteiger partial charge in [0.1, 0.15) is 5.41 Å². The fourth-order valence-electron chi connectivity index (χ4n) is 3.65. The molecule has 1 N–H and O–H groups in total. The van der Waals surface area contributed by atoms with Gasteiger partial charge in [0, 0.05) is 32.7 Å². The van der Waals surface area contributed by atoms with Crippen LogP contribution in [0, 0.1) is 5.41 Å². The van der Waals surface area contributed by atoms with Crippen molar-refractivity contribution in [2.45, 2.75) is 33.4 Å². The molecule has 0 spiro atoms. The second-order valence-electron chi connectivity index (χ2n) is 8.28. The summed E-state index contributed by atoms with van der Waals surface area (Å²) in [6, 6.07) is 20.0. The summed E-state index contributed by atoms with van der Waals surface area (Å²) < 4.78 is 0. The molecular formula is C24H31N3O2. The number of hydrogen-bond acceptors (Lipinski definition) is 3. The van der Waals surface area contributed by atoms with Gasteiger partial charge in [0.15, 0.2) is 0 Å². The van der Waals surface area contributed by atoms with E-state index in [0.717, 1.165) is 25.2 Å². The normalized spacial score (nSPS) is 16.3. The van der Waals surface area contributed by atoms with E-state index in [4.69, 9.17) is 0 Å². The van der Waals surface area contributed by atoms with Gasteiger partial charge in [-0.3, -0.25) is 14.5 Å². The van der Waals surface area contributed by atoms with E-state index in [0.29, 0.717) is 13.1 Å². The Labute approximate surface area is 173 Å². The molecule has 1 saturated heterocycles. The highest BCUT2D eigenvalue weighted by Gasteiger charge is 2.40. The Morgan fingerprint density at radius 3 is 2.07 bits per heavy atom. The zero-order valence-corrected chi connectivity index (χ0v) is 17.6. The molecule has 0 bridgehead atoms. The molecular weight excluding hydrogens is 362 g/mol. The first-order valence-electron chi connectivity index (χ1n) is 10.3. The fourth-order valence-corrected chi connectivity index (χ4v) is 3.65. The Morgan fingerprint density at radius 2 is 1.48 bits per heavy atom. The van der Waals surface area contributed by atoms with Crippen LogP contribution in [-0.4, -0.2) is 47.8 Å². The lowest BCUT2D eigenvalue weighted by atomic mass is 9.89. The van der Waals surface area contributed by atoms with Crippen LogP contribution in [0.15, 0.2) is 60.7 Å². The van der Waals surface area contributed by atoms with Crippen LogP contribution in [0.5, 0.6) is 0 Å². The van der Waals surface area contributed by atoms with Crippen LogP contribution in [0.1, 0.15) is 37.9 Å². The molecule has 154 valence electrons. The van der Waals surface area contributed by atoms with Crippen molar-refractivity contribution in [2.75, 3.05) is 26.2 Å².